The summed E-state index contributed by atoms with van der Waals surface area (Å²) in [6.07, 6.45) is 2.77. The molecule has 34 heavy (non-hydrogen) atoms. The van der Waals surface area contributed by atoms with E-state index in [1.807, 2.05) is 13.0 Å². The lowest BCUT2D eigenvalue weighted by atomic mass is 9.99. The van der Waals surface area contributed by atoms with Crippen LogP contribution in [-0.4, -0.2) is 29.2 Å². The van der Waals surface area contributed by atoms with Crippen molar-refractivity contribution in [3.63, 3.8) is 0 Å². The second-order valence-electron chi connectivity index (χ2n) is 7.89. The summed E-state index contributed by atoms with van der Waals surface area (Å²) < 4.78 is 25.1. The molecular weight excluding hydrogens is 450 g/mol. The summed E-state index contributed by atoms with van der Waals surface area (Å²) in [6.45, 7) is 2.06. The zero-order chi connectivity index (χ0) is 24.5. The largest absolute Gasteiger partial charge is 0.368 e. The van der Waals surface area contributed by atoms with Crippen LogP contribution in [0.2, 0.25) is 0 Å². The van der Waals surface area contributed by atoms with Gasteiger partial charge in [-0.25, -0.2) is 18.4 Å². The summed E-state index contributed by atoms with van der Waals surface area (Å²) in [4.78, 5) is 21.6. The first-order chi connectivity index (χ1) is 16.2. The van der Waals surface area contributed by atoms with Gasteiger partial charge in [-0.1, -0.05) is 24.3 Å². The van der Waals surface area contributed by atoms with Gasteiger partial charge in [0.15, 0.2) is 9.84 Å². The topological polar surface area (TPSA) is 132 Å². The average Bonchev–Trinajstić information content (AvgIpc) is 2.80. The van der Waals surface area contributed by atoms with E-state index in [9.17, 15) is 18.5 Å². The van der Waals surface area contributed by atoms with Gasteiger partial charge in [0.05, 0.1) is 34.5 Å². The van der Waals surface area contributed by atoms with Crippen molar-refractivity contribution in [1.29, 1.82) is 5.26 Å². The highest BCUT2D eigenvalue weighted by atomic mass is 32.2. The summed E-state index contributed by atoms with van der Waals surface area (Å²) >= 11 is 0. The van der Waals surface area contributed by atoms with Crippen LogP contribution in [-0.2, 0) is 16.4 Å². The number of benzene rings is 2. The first-order valence-electron chi connectivity index (χ1n) is 10.3. The fraction of sp³-hybridized carbons (Fsp3) is 0.120. The lowest BCUT2D eigenvalue weighted by Crippen LogP contribution is -2.19. The van der Waals surface area contributed by atoms with Gasteiger partial charge in [-0.05, 0) is 48.4 Å². The van der Waals surface area contributed by atoms with E-state index in [1.165, 1.54) is 16.7 Å². The van der Waals surface area contributed by atoms with Gasteiger partial charge in [0.1, 0.15) is 0 Å². The van der Waals surface area contributed by atoms with Gasteiger partial charge >= 0.3 is 0 Å². The second kappa shape index (κ2) is 8.92. The Labute approximate surface area is 196 Å². The quantitative estimate of drug-likeness (QED) is 0.473. The Morgan fingerprint density at radius 3 is 2.47 bits per heavy atom. The zero-order valence-electron chi connectivity index (χ0n) is 18.6. The van der Waals surface area contributed by atoms with E-state index in [1.54, 1.807) is 48.7 Å². The maximum atomic E-state index is 12.8. The monoisotopic (exact) mass is 471 g/mol. The molecule has 4 rings (SSSR count). The smallest absolute Gasteiger partial charge is 0.251 e. The van der Waals surface area contributed by atoms with Crippen LogP contribution in [0.25, 0.3) is 22.5 Å². The van der Waals surface area contributed by atoms with Gasteiger partial charge in [-0.3, -0.25) is 4.79 Å². The fourth-order valence-corrected chi connectivity index (χ4v) is 4.35. The number of rotatable bonds is 5. The Morgan fingerprint density at radius 2 is 1.76 bits per heavy atom. The van der Waals surface area contributed by atoms with Crippen molar-refractivity contribution in [2.75, 3.05) is 12.0 Å². The number of sulfone groups is 1. The van der Waals surface area contributed by atoms with E-state index in [0.717, 1.165) is 17.4 Å². The summed E-state index contributed by atoms with van der Waals surface area (Å²) in [5.41, 5.74) is 10.0. The van der Waals surface area contributed by atoms with Crippen LogP contribution in [0, 0.1) is 18.3 Å². The van der Waals surface area contributed by atoms with Crippen molar-refractivity contribution < 1.29 is 8.42 Å². The molecule has 0 aliphatic rings. The molecule has 8 nitrogen and oxygen atoms in total. The summed E-state index contributed by atoms with van der Waals surface area (Å²) in [7, 11) is -3.34. The van der Waals surface area contributed by atoms with Crippen LogP contribution in [0.4, 0.5) is 5.95 Å². The molecular formula is C25H21N5O3S. The second-order valence-corrected chi connectivity index (χ2v) is 9.90. The van der Waals surface area contributed by atoms with E-state index in [-0.39, 0.29) is 22.9 Å². The minimum atomic E-state index is -3.34. The van der Waals surface area contributed by atoms with Crippen molar-refractivity contribution in [3.05, 3.63) is 93.9 Å². The number of aromatic nitrogens is 3. The molecule has 2 heterocycles. The van der Waals surface area contributed by atoms with Crippen molar-refractivity contribution in [2.45, 2.75) is 18.4 Å². The van der Waals surface area contributed by atoms with Crippen LogP contribution >= 0.6 is 0 Å². The number of nitrogens with zero attached hydrogens (tertiary/aromatic N) is 4. The number of nitriles is 1. The molecule has 0 atom stereocenters. The number of hydrogen-bond donors (Lipinski definition) is 1. The summed E-state index contributed by atoms with van der Waals surface area (Å²) in [6, 6.07) is 18.9. The minimum Gasteiger partial charge on any atom is -0.368 e. The number of hydrogen-bond acceptors (Lipinski definition) is 7. The van der Waals surface area contributed by atoms with Gasteiger partial charge in [-0.15, -0.1) is 0 Å². The van der Waals surface area contributed by atoms with Gasteiger partial charge < -0.3 is 10.3 Å². The Bertz CT molecular complexity index is 1620. The predicted octanol–water partition coefficient (Wildman–Crippen LogP) is 3.19. The first kappa shape index (κ1) is 22.9. The van der Waals surface area contributed by atoms with E-state index < -0.39 is 9.84 Å². The molecule has 4 aromatic rings. The Balaban J connectivity index is 1.69. The normalized spacial score (nSPS) is 11.2. The molecule has 0 aliphatic carbocycles. The predicted molar refractivity (Wildman–Crippen MR) is 130 cm³/mol. The first-order valence-corrected chi connectivity index (χ1v) is 12.2. The molecule has 0 spiro atoms. The van der Waals surface area contributed by atoms with Gasteiger partial charge in [0.2, 0.25) is 5.95 Å². The molecule has 0 unspecified atom stereocenters. The molecule has 0 amide bonds. The number of nitrogen functional groups attached to an aromatic ring is 1. The van der Waals surface area contributed by atoms with E-state index in [2.05, 4.69) is 16.0 Å². The SMILES string of the molecule is Cc1c(C#N)cccc1-c1cc(-c2ccn(Cc3cccc(S(C)(=O)=O)c3)c(=O)c2)nc(N)n1. The molecule has 0 radical (unpaired) electrons. The van der Waals surface area contributed by atoms with E-state index in [0.29, 0.717) is 28.1 Å². The van der Waals surface area contributed by atoms with Crippen LogP contribution in [0.1, 0.15) is 16.7 Å². The number of nitrogens with two attached hydrogens (primary N) is 1. The highest BCUT2D eigenvalue weighted by Crippen LogP contribution is 2.27. The lowest BCUT2D eigenvalue weighted by molar-refractivity contribution is 0.601. The van der Waals surface area contributed by atoms with Crippen LogP contribution in [0.15, 0.2) is 76.6 Å². The van der Waals surface area contributed by atoms with Crippen LogP contribution < -0.4 is 11.3 Å². The third-order valence-electron chi connectivity index (χ3n) is 5.45. The molecule has 2 N–H and O–H groups in total. The van der Waals surface area contributed by atoms with Crippen molar-refractivity contribution in [3.8, 4) is 28.6 Å². The van der Waals surface area contributed by atoms with Gasteiger partial charge in [0.25, 0.3) is 5.56 Å². The maximum Gasteiger partial charge on any atom is 0.251 e. The van der Waals surface area contributed by atoms with E-state index in [4.69, 9.17) is 5.73 Å². The Kier molecular flexibility index (Phi) is 6.01. The van der Waals surface area contributed by atoms with Crippen molar-refractivity contribution in [2.24, 2.45) is 0 Å². The number of anilines is 1. The minimum absolute atomic E-state index is 0.0519. The van der Waals surface area contributed by atoms with Gasteiger partial charge in [0, 0.05) is 29.6 Å². The molecule has 0 bridgehead atoms. The summed E-state index contributed by atoms with van der Waals surface area (Å²) in [5.74, 6) is 0.0519. The highest BCUT2D eigenvalue weighted by Gasteiger charge is 2.13. The molecule has 2 aromatic carbocycles. The molecule has 0 fully saturated rings. The fourth-order valence-electron chi connectivity index (χ4n) is 3.65. The molecule has 2 aromatic heterocycles. The number of pyridine rings is 1. The Morgan fingerprint density at radius 1 is 1.03 bits per heavy atom. The molecule has 170 valence electrons. The van der Waals surface area contributed by atoms with E-state index >= 15 is 0 Å². The van der Waals surface area contributed by atoms with Crippen molar-refractivity contribution >= 4 is 15.8 Å². The van der Waals surface area contributed by atoms with Crippen LogP contribution in [0.5, 0.6) is 0 Å². The van der Waals surface area contributed by atoms with Gasteiger partial charge in [-0.2, -0.15) is 5.26 Å². The average molecular weight is 472 g/mol. The third-order valence-corrected chi connectivity index (χ3v) is 6.56. The molecule has 0 saturated heterocycles. The standard InChI is InChI=1S/C25H21N5O3S/c1-16-19(14-26)6-4-8-21(16)23-13-22(28-25(27)29-23)18-9-10-30(24(31)12-18)15-17-5-3-7-20(11-17)34(2,32)33/h3-13H,15H2,1-2H3,(H2,27,28,29). The highest BCUT2D eigenvalue weighted by molar-refractivity contribution is 7.90. The molecule has 0 aliphatic heterocycles. The molecule has 9 heteroatoms. The lowest BCUT2D eigenvalue weighted by Gasteiger charge is -2.11. The Hall–Kier alpha value is -4.29. The maximum absolute atomic E-state index is 12.8. The summed E-state index contributed by atoms with van der Waals surface area (Å²) in [5, 5.41) is 9.32. The third kappa shape index (κ3) is 4.72. The zero-order valence-corrected chi connectivity index (χ0v) is 19.4. The molecule has 0 saturated carbocycles. The van der Waals surface area contributed by atoms with Crippen molar-refractivity contribution in [1.82, 2.24) is 14.5 Å². The van der Waals surface area contributed by atoms with Crippen LogP contribution in [0.3, 0.4) is 0 Å².